The molecule has 0 saturated carbocycles. The van der Waals surface area contributed by atoms with E-state index in [9.17, 15) is 9.90 Å². The van der Waals surface area contributed by atoms with Crippen LogP contribution in [0, 0.1) is 0 Å². The molecule has 0 fully saturated rings. The van der Waals surface area contributed by atoms with Crippen molar-refractivity contribution >= 4 is 12.1 Å². The number of phenolic OH excluding ortho intramolecular Hbond substituents is 1. The number of hydrazone groups is 1. The van der Waals surface area contributed by atoms with Crippen molar-refractivity contribution < 1.29 is 19.4 Å². The van der Waals surface area contributed by atoms with E-state index in [0.717, 1.165) is 5.56 Å². The molecule has 1 amide bonds. The van der Waals surface area contributed by atoms with Crippen LogP contribution in [-0.4, -0.2) is 30.9 Å². The van der Waals surface area contributed by atoms with E-state index in [1.807, 2.05) is 6.92 Å². The summed E-state index contributed by atoms with van der Waals surface area (Å²) in [6.45, 7) is 2.43. The summed E-state index contributed by atoms with van der Waals surface area (Å²) in [5.74, 6) is 0.647. The Kier molecular flexibility index (Phi) is 5.57. The lowest BCUT2D eigenvalue weighted by Crippen LogP contribution is -2.17. The van der Waals surface area contributed by atoms with E-state index in [1.54, 1.807) is 37.4 Å². The maximum atomic E-state index is 11.9. The van der Waals surface area contributed by atoms with Gasteiger partial charge in [-0.05, 0) is 42.8 Å². The Bertz CT molecular complexity index is 713. The zero-order chi connectivity index (χ0) is 16.7. The number of aromatic hydroxyl groups is 1. The molecule has 0 aromatic heterocycles. The average Bonchev–Trinajstić information content (AvgIpc) is 2.56. The molecule has 0 aliphatic heterocycles. The highest BCUT2D eigenvalue weighted by atomic mass is 16.5. The van der Waals surface area contributed by atoms with Gasteiger partial charge in [0.15, 0.2) is 11.5 Å². The van der Waals surface area contributed by atoms with Gasteiger partial charge in [-0.3, -0.25) is 4.79 Å². The molecule has 0 heterocycles. The summed E-state index contributed by atoms with van der Waals surface area (Å²) in [5.41, 5.74) is 3.26. The summed E-state index contributed by atoms with van der Waals surface area (Å²) in [6, 6.07) is 11.6. The first kappa shape index (κ1) is 16.4. The van der Waals surface area contributed by atoms with Gasteiger partial charge >= 0.3 is 0 Å². The molecular formula is C17H18N2O4. The van der Waals surface area contributed by atoms with Crippen LogP contribution < -0.4 is 14.9 Å². The van der Waals surface area contributed by atoms with Crippen LogP contribution in [0.2, 0.25) is 0 Å². The van der Waals surface area contributed by atoms with Gasteiger partial charge < -0.3 is 14.6 Å². The molecule has 0 saturated heterocycles. The molecule has 0 spiro atoms. The fourth-order valence-corrected chi connectivity index (χ4v) is 1.93. The molecule has 6 heteroatoms. The van der Waals surface area contributed by atoms with Crippen molar-refractivity contribution in [1.82, 2.24) is 5.43 Å². The molecule has 2 N–H and O–H groups in total. The van der Waals surface area contributed by atoms with Crippen LogP contribution in [0.25, 0.3) is 0 Å². The topological polar surface area (TPSA) is 80.2 Å². The standard InChI is InChI=1S/C17H18N2O4/c1-3-23-15-9-8-12(10-16(15)22-2)11-18-19-17(21)13-6-4-5-7-14(13)20/h4-11,20H,3H2,1-2H3,(H,19,21)/b18-11+. The summed E-state index contributed by atoms with van der Waals surface area (Å²) < 4.78 is 10.7. The van der Waals surface area contributed by atoms with E-state index < -0.39 is 5.91 Å². The Morgan fingerprint density at radius 2 is 2.04 bits per heavy atom. The number of carbonyl (C=O) groups is 1. The quantitative estimate of drug-likeness (QED) is 0.634. The van der Waals surface area contributed by atoms with Crippen molar-refractivity contribution in [3.63, 3.8) is 0 Å². The fourth-order valence-electron chi connectivity index (χ4n) is 1.93. The Morgan fingerprint density at radius 1 is 1.26 bits per heavy atom. The molecule has 0 bridgehead atoms. The summed E-state index contributed by atoms with van der Waals surface area (Å²) in [6.07, 6.45) is 1.48. The van der Waals surface area contributed by atoms with E-state index in [1.165, 1.54) is 18.3 Å². The number of phenols is 1. The van der Waals surface area contributed by atoms with Crippen molar-refractivity contribution in [2.24, 2.45) is 5.10 Å². The number of methoxy groups -OCH3 is 1. The Balaban J connectivity index is 2.06. The number of amides is 1. The number of benzene rings is 2. The normalized spacial score (nSPS) is 10.5. The maximum absolute atomic E-state index is 11.9. The second kappa shape index (κ2) is 7.84. The largest absolute Gasteiger partial charge is 0.507 e. The lowest BCUT2D eigenvalue weighted by molar-refractivity contribution is 0.0952. The van der Waals surface area contributed by atoms with Crippen LogP contribution in [0.3, 0.4) is 0 Å². The summed E-state index contributed by atoms with van der Waals surface area (Å²) in [4.78, 5) is 11.9. The van der Waals surface area contributed by atoms with Gasteiger partial charge in [-0.25, -0.2) is 5.43 Å². The van der Waals surface area contributed by atoms with Gasteiger partial charge in [-0.1, -0.05) is 12.1 Å². The van der Waals surface area contributed by atoms with Crippen molar-refractivity contribution in [3.05, 3.63) is 53.6 Å². The van der Waals surface area contributed by atoms with E-state index in [0.29, 0.717) is 18.1 Å². The van der Waals surface area contributed by atoms with Crippen LogP contribution in [0.5, 0.6) is 17.2 Å². The highest BCUT2D eigenvalue weighted by Gasteiger charge is 2.08. The zero-order valence-corrected chi connectivity index (χ0v) is 12.9. The number of para-hydroxylation sites is 1. The third-order valence-corrected chi connectivity index (χ3v) is 3.02. The predicted octanol–water partition coefficient (Wildman–Crippen LogP) is 2.56. The zero-order valence-electron chi connectivity index (χ0n) is 12.9. The van der Waals surface area contributed by atoms with Crippen LogP contribution >= 0.6 is 0 Å². The van der Waals surface area contributed by atoms with Crippen molar-refractivity contribution in [2.75, 3.05) is 13.7 Å². The molecule has 23 heavy (non-hydrogen) atoms. The summed E-state index contributed by atoms with van der Waals surface area (Å²) in [7, 11) is 1.55. The predicted molar refractivity (Wildman–Crippen MR) is 87.3 cm³/mol. The molecule has 2 rings (SSSR count). The van der Waals surface area contributed by atoms with Crippen LogP contribution in [0.1, 0.15) is 22.8 Å². The molecule has 0 atom stereocenters. The molecule has 0 radical (unpaired) electrons. The third-order valence-electron chi connectivity index (χ3n) is 3.02. The van der Waals surface area contributed by atoms with Gasteiger partial charge in [0, 0.05) is 0 Å². The minimum atomic E-state index is -0.489. The van der Waals surface area contributed by atoms with E-state index in [4.69, 9.17) is 9.47 Å². The smallest absolute Gasteiger partial charge is 0.275 e. The molecule has 0 unspecified atom stereocenters. The maximum Gasteiger partial charge on any atom is 0.275 e. The van der Waals surface area contributed by atoms with Crippen LogP contribution in [0.15, 0.2) is 47.6 Å². The molecule has 6 nitrogen and oxygen atoms in total. The molecular weight excluding hydrogens is 296 g/mol. The Morgan fingerprint density at radius 3 is 2.74 bits per heavy atom. The highest BCUT2D eigenvalue weighted by molar-refractivity contribution is 5.97. The highest BCUT2D eigenvalue weighted by Crippen LogP contribution is 2.27. The van der Waals surface area contributed by atoms with E-state index in [-0.39, 0.29) is 11.3 Å². The number of hydrogen-bond donors (Lipinski definition) is 2. The minimum absolute atomic E-state index is 0.0945. The van der Waals surface area contributed by atoms with Crippen molar-refractivity contribution in [3.8, 4) is 17.2 Å². The molecule has 120 valence electrons. The van der Waals surface area contributed by atoms with Gasteiger partial charge in [-0.2, -0.15) is 5.10 Å². The molecule has 0 aliphatic rings. The van der Waals surface area contributed by atoms with Crippen LogP contribution in [0.4, 0.5) is 0 Å². The van der Waals surface area contributed by atoms with Gasteiger partial charge in [0.25, 0.3) is 5.91 Å². The first-order valence-electron chi connectivity index (χ1n) is 7.08. The van der Waals surface area contributed by atoms with E-state index >= 15 is 0 Å². The van der Waals surface area contributed by atoms with E-state index in [2.05, 4.69) is 10.5 Å². The monoisotopic (exact) mass is 314 g/mol. The molecule has 2 aromatic rings. The first-order valence-corrected chi connectivity index (χ1v) is 7.08. The SMILES string of the molecule is CCOc1ccc(/C=N/NC(=O)c2ccccc2O)cc1OC. The molecule has 0 aliphatic carbocycles. The number of hydrogen-bond acceptors (Lipinski definition) is 5. The number of nitrogens with one attached hydrogen (secondary N) is 1. The summed E-state index contributed by atoms with van der Waals surface area (Å²) >= 11 is 0. The Hall–Kier alpha value is -3.02. The van der Waals surface area contributed by atoms with Gasteiger partial charge in [0.05, 0.1) is 25.5 Å². The average molecular weight is 314 g/mol. The second-order valence-electron chi connectivity index (χ2n) is 4.56. The Labute approximate surface area is 134 Å². The fraction of sp³-hybridized carbons (Fsp3) is 0.176. The minimum Gasteiger partial charge on any atom is -0.507 e. The molecule has 2 aromatic carbocycles. The van der Waals surface area contributed by atoms with Crippen molar-refractivity contribution in [1.29, 1.82) is 0 Å². The lowest BCUT2D eigenvalue weighted by Gasteiger charge is -2.09. The van der Waals surface area contributed by atoms with Gasteiger partial charge in [-0.15, -0.1) is 0 Å². The van der Waals surface area contributed by atoms with Crippen molar-refractivity contribution in [2.45, 2.75) is 6.92 Å². The number of ether oxygens (including phenoxy) is 2. The van der Waals surface area contributed by atoms with Crippen LogP contribution in [-0.2, 0) is 0 Å². The third kappa shape index (κ3) is 4.23. The first-order chi connectivity index (χ1) is 11.2. The second-order valence-corrected chi connectivity index (χ2v) is 4.56. The number of carbonyl (C=O) groups excluding carboxylic acids is 1. The number of nitrogens with zero attached hydrogens (tertiary/aromatic N) is 1. The van der Waals surface area contributed by atoms with Gasteiger partial charge in [0.2, 0.25) is 0 Å². The summed E-state index contributed by atoms with van der Waals surface area (Å²) in [5, 5.41) is 13.5. The lowest BCUT2D eigenvalue weighted by atomic mass is 10.2. The number of rotatable bonds is 6. The van der Waals surface area contributed by atoms with Gasteiger partial charge in [0.1, 0.15) is 5.75 Å².